The molecule has 1 aromatic carbocycles. The van der Waals surface area contributed by atoms with E-state index in [9.17, 15) is 16.8 Å². The lowest BCUT2D eigenvalue weighted by molar-refractivity contribution is 0.417. The van der Waals surface area contributed by atoms with E-state index in [4.69, 9.17) is 4.74 Å². The molecule has 1 fully saturated rings. The maximum atomic E-state index is 12.4. The Morgan fingerprint density at radius 2 is 2.08 bits per heavy atom. The standard InChI is InChI=1S/C14H16N2O5S3/c1-21-13-6-5-11(16-7-3-9-23(16,17)18)10-12(13)15-24(19,20)14-4-2-8-22-14/h2,4-6,8,10,15H,3,7,9H2,1H3. The Labute approximate surface area is 145 Å². The minimum atomic E-state index is -3.75. The summed E-state index contributed by atoms with van der Waals surface area (Å²) < 4.78 is 58.0. The molecule has 2 aromatic rings. The molecule has 2 heterocycles. The third kappa shape index (κ3) is 3.21. The van der Waals surface area contributed by atoms with Crippen molar-refractivity contribution in [3.63, 3.8) is 0 Å². The fourth-order valence-corrected chi connectivity index (χ4v) is 6.08. The van der Waals surface area contributed by atoms with Crippen LogP contribution in [0.3, 0.4) is 0 Å². The average Bonchev–Trinajstić information content (AvgIpc) is 3.16. The number of ether oxygens (including phenoxy) is 1. The van der Waals surface area contributed by atoms with Gasteiger partial charge in [-0.05, 0) is 36.1 Å². The van der Waals surface area contributed by atoms with Gasteiger partial charge in [0, 0.05) is 6.54 Å². The van der Waals surface area contributed by atoms with Gasteiger partial charge in [0.05, 0.1) is 24.2 Å². The average molecular weight is 388 g/mol. The van der Waals surface area contributed by atoms with Crippen LogP contribution in [0.5, 0.6) is 5.75 Å². The number of thiophene rings is 1. The van der Waals surface area contributed by atoms with Gasteiger partial charge < -0.3 is 4.74 Å². The summed E-state index contributed by atoms with van der Waals surface area (Å²) in [5, 5.41) is 1.67. The zero-order valence-corrected chi connectivity index (χ0v) is 15.2. The van der Waals surface area contributed by atoms with Crippen LogP contribution in [-0.2, 0) is 20.0 Å². The monoisotopic (exact) mass is 388 g/mol. The Morgan fingerprint density at radius 3 is 2.67 bits per heavy atom. The van der Waals surface area contributed by atoms with Gasteiger partial charge in [0.1, 0.15) is 9.96 Å². The zero-order valence-electron chi connectivity index (χ0n) is 12.8. The maximum absolute atomic E-state index is 12.4. The molecule has 0 radical (unpaired) electrons. The van der Waals surface area contributed by atoms with Gasteiger partial charge in [-0.1, -0.05) is 6.07 Å². The zero-order chi connectivity index (χ0) is 17.4. The van der Waals surface area contributed by atoms with E-state index in [0.29, 0.717) is 24.4 Å². The Bertz CT molecular complexity index is 937. The summed E-state index contributed by atoms with van der Waals surface area (Å²) in [7, 11) is -5.68. The molecule has 0 unspecified atom stereocenters. The molecular formula is C14H16N2O5S3. The highest BCUT2D eigenvalue weighted by Crippen LogP contribution is 2.34. The number of sulfonamides is 2. The number of nitrogens with one attached hydrogen (secondary N) is 1. The van der Waals surface area contributed by atoms with E-state index in [1.807, 2.05) is 0 Å². The van der Waals surface area contributed by atoms with Crippen molar-refractivity contribution < 1.29 is 21.6 Å². The topological polar surface area (TPSA) is 92.8 Å². The molecule has 1 N–H and O–H groups in total. The molecule has 0 amide bonds. The van der Waals surface area contributed by atoms with Crippen LogP contribution in [0.15, 0.2) is 39.9 Å². The van der Waals surface area contributed by atoms with Gasteiger partial charge in [0.25, 0.3) is 10.0 Å². The van der Waals surface area contributed by atoms with Crippen LogP contribution in [0, 0.1) is 0 Å². The first-order valence-electron chi connectivity index (χ1n) is 7.08. The fraction of sp³-hybridized carbons (Fsp3) is 0.286. The Balaban J connectivity index is 1.99. The Kier molecular flexibility index (Phi) is 4.45. The predicted molar refractivity (Wildman–Crippen MR) is 93.9 cm³/mol. The van der Waals surface area contributed by atoms with Crippen molar-refractivity contribution in [1.29, 1.82) is 0 Å². The van der Waals surface area contributed by atoms with Crippen molar-refractivity contribution in [2.24, 2.45) is 0 Å². The van der Waals surface area contributed by atoms with Crippen LogP contribution in [0.1, 0.15) is 6.42 Å². The van der Waals surface area contributed by atoms with Crippen LogP contribution in [0.2, 0.25) is 0 Å². The summed E-state index contributed by atoms with van der Waals surface area (Å²) in [6.45, 7) is 0.381. The molecule has 0 atom stereocenters. The minimum Gasteiger partial charge on any atom is -0.495 e. The molecule has 0 aliphatic carbocycles. The summed E-state index contributed by atoms with van der Waals surface area (Å²) in [4.78, 5) is 0. The highest BCUT2D eigenvalue weighted by Gasteiger charge is 2.29. The molecule has 130 valence electrons. The molecule has 7 nitrogen and oxygen atoms in total. The molecule has 0 spiro atoms. The largest absolute Gasteiger partial charge is 0.495 e. The summed E-state index contributed by atoms with van der Waals surface area (Å²) in [6, 6.07) is 7.77. The second-order valence-corrected chi connectivity index (χ2v) is 10.0. The quantitative estimate of drug-likeness (QED) is 0.847. The number of nitrogens with zero attached hydrogens (tertiary/aromatic N) is 1. The van der Waals surface area contributed by atoms with Gasteiger partial charge in [-0.25, -0.2) is 16.8 Å². The van der Waals surface area contributed by atoms with E-state index in [-0.39, 0.29) is 15.6 Å². The van der Waals surface area contributed by atoms with Gasteiger partial charge in [-0.3, -0.25) is 9.03 Å². The molecule has 1 aliphatic rings. The van der Waals surface area contributed by atoms with Crippen molar-refractivity contribution in [2.75, 3.05) is 28.4 Å². The van der Waals surface area contributed by atoms with Crippen LogP contribution in [-0.4, -0.2) is 36.2 Å². The van der Waals surface area contributed by atoms with Crippen LogP contribution < -0.4 is 13.8 Å². The predicted octanol–water partition coefficient (Wildman–Crippen LogP) is 2.10. The first kappa shape index (κ1) is 17.1. The van der Waals surface area contributed by atoms with E-state index in [1.165, 1.54) is 23.5 Å². The fourth-order valence-electron chi connectivity index (χ4n) is 2.47. The Hall–Kier alpha value is -1.78. The van der Waals surface area contributed by atoms with E-state index in [1.54, 1.807) is 23.6 Å². The lowest BCUT2D eigenvalue weighted by atomic mass is 10.2. The molecule has 3 rings (SSSR count). The third-order valence-corrected chi connectivity index (χ3v) is 8.21. The number of benzene rings is 1. The highest BCUT2D eigenvalue weighted by molar-refractivity contribution is 7.94. The van der Waals surface area contributed by atoms with Gasteiger partial charge in [0.15, 0.2) is 0 Å². The number of methoxy groups -OCH3 is 1. The van der Waals surface area contributed by atoms with Gasteiger partial charge in [-0.2, -0.15) is 0 Å². The first-order chi connectivity index (χ1) is 11.3. The first-order valence-corrected chi connectivity index (χ1v) is 11.1. The summed E-state index contributed by atoms with van der Waals surface area (Å²) in [6.07, 6.45) is 0.546. The van der Waals surface area contributed by atoms with Crippen molar-refractivity contribution in [1.82, 2.24) is 0 Å². The third-order valence-electron chi connectivity index (χ3n) is 3.57. The van der Waals surface area contributed by atoms with Crippen molar-refractivity contribution >= 4 is 42.8 Å². The van der Waals surface area contributed by atoms with Gasteiger partial charge >= 0.3 is 0 Å². The van der Waals surface area contributed by atoms with E-state index >= 15 is 0 Å². The molecule has 0 saturated carbocycles. The molecule has 0 bridgehead atoms. The number of hydrogen-bond donors (Lipinski definition) is 1. The normalized spacial score (nSPS) is 17.0. The smallest absolute Gasteiger partial charge is 0.271 e. The van der Waals surface area contributed by atoms with Crippen molar-refractivity contribution in [3.8, 4) is 5.75 Å². The second kappa shape index (κ2) is 6.26. The highest BCUT2D eigenvalue weighted by atomic mass is 32.2. The molecule has 1 aliphatic heterocycles. The lowest BCUT2D eigenvalue weighted by Gasteiger charge is -2.19. The minimum absolute atomic E-state index is 0.0925. The molecule has 10 heteroatoms. The SMILES string of the molecule is COc1ccc(N2CCCS2(=O)=O)cc1NS(=O)(=O)c1cccs1. The number of anilines is 2. The summed E-state index contributed by atoms with van der Waals surface area (Å²) in [5.74, 6) is 0.408. The lowest BCUT2D eigenvalue weighted by Crippen LogP contribution is -2.25. The van der Waals surface area contributed by atoms with Crippen LogP contribution in [0.25, 0.3) is 0 Å². The molecule has 1 saturated heterocycles. The van der Waals surface area contributed by atoms with Gasteiger partial charge in [0.2, 0.25) is 10.0 Å². The van der Waals surface area contributed by atoms with E-state index in [2.05, 4.69) is 4.72 Å². The number of hydrogen-bond acceptors (Lipinski definition) is 6. The molecular weight excluding hydrogens is 372 g/mol. The second-order valence-electron chi connectivity index (χ2n) is 5.16. The van der Waals surface area contributed by atoms with Crippen LogP contribution >= 0.6 is 11.3 Å². The van der Waals surface area contributed by atoms with Crippen molar-refractivity contribution in [2.45, 2.75) is 10.6 Å². The number of rotatable bonds is 5. The summed E-state index contributed by atoms with van der Waals surface area (Å²) >= 11 is 1.09. The van der Waals surface area contributed by atoms with E-state index in [0.717, 1.165) is 11.3 Å². The van der Waals surface area contributed by atoms with Crippen molar-refractivity contribution in [3.05, 3.63) is 35.7 Å². The van der Waals surface area contributed by atoms with E-state index < -0.39 is 20.0 Å². The summed E-state index contributed by atoms with van der Waals surface area (Å²) in [5.41, 5.74) is 0.614. The Morgan fingerprint density at radius 1 is 1.29 bits per heavy atom. The molecule has 1 aromatic heterocycles. The van der Waals surface area contributed by atoms with Crippen LogP contribution in [0.4, 0.5) is 11.4 Å². The maximum Gasteiger partial charge on any atom is 0.271 e. The molecule has 24 heavy (non-hydrogen) atoms. The van der Waals surface area contributed by atoms with Gasteiger partial charge in [-0.15, -0.1) is 11.3 Å².